The minimum Gasteiger partial charge on any atom is -0.486 e. The Balaban J connectivity index is 2.28. The van der Waals surface area contributed by atoms with Crippen molar-refractivity contribution in [3.63, 3.8) is 0 Å². The van der Waals surface area contributed by atoms with Crippen LogP contribution in [0.15, 0.2) is 18.2 Å². The monoisotopic (exact) mass is 247 g/mol. The standard InChI is InChI=1S/C16H25NO/c1-10(2)9-14-15(11(3)4)17-16-12(5)7-6-8-13(16)18-14/h6-8,10-11,14-15,17H,9H2,1-5H3. The van der Waals surface area contributed by atoms with Crippen molar-refractivity contribution < 1.29 is 4.74 Å². The van der Waals surface area contributed by atoms with Gasteiger partial charge in [-0.25, -0.2) is 0 Å². The Morgan fingerprint density at radius 3 is 2.56 bits per heavy atom. The largest absolute Gasteiger partial charge is 0.486 e. The SMILES string of the molecule is Cc1cccc2c1NC(C(C)C)C(CC(C)C)O2. The van der Waals surface area contributed by atoms with Gasteiger partial charge in [0.1, 0.15) is 11.9 Å². The predicted molar refractivity (Wildman–Crippen MR) is 77.3 cm³/mol. The second-order valence-corrected chi connectivity index (χ2v) is 6.15. The first-order valence-corrected chi connectivity index (χ1v) is 7.02. The van der Waals surface area contributed by atoms with Crippen molar-refractivity contribution in [1.82, 2.24) is 0 Å². The molecule has 1 aromatic carbocycles. The molecule has 1 heterocycles. The number of benzene rings is 1. The van der Waals surface area contributed by atoms with Crippen LogP contribution in [0.3, 0.4) is 0 Å². The van der Waals surface area contributed by atoms with Gasteiger partial charge in [-0.05, 0) is 36.8 Å². The Morgan fingerprint density at radius 1 is 1.22 bits per heavy atom. The third-order valence-corrected chi connectivity index (χ3v) is 3.65. The van der Waals surface area contributed by atoms with Gasteiger partial charge in [-0.3, -0.25) is 0 Å². The lowest BCUT2D eigenvalue weighted by Crippen LogP contribution is -2.45. The summed E-state index contributed by atoms with van der Waals surface area (Å²) in [6.45, 7) is 11.2. The molecule has 0 fully saturated rings. The highest BCUT2D eigenvalue weighted by molar-refractivity contribution is 5.63. The average Bonchev–Trinajstić information content (AvgIpc) is 2.27. The molecule has 0 aromatic heterocycles. The number of nitrogens with one attached hydrogen (secondary N) is 1. The number of rotatable bonds is 3. The highest BCUT2D eigenvalue weighted by atomic mass is 16.5. The predicted octanol–water partition coefficient (Wildman–Crippen LogP) is 4.24. The molecule has 100 valence electrons. The molecule has 1 aliphatic heterocycles. The van der Waals surface area contributed by atoms with Crippen molar-refractivity contribution in [2.45, 2.75) is 53.2 Å². The van der Waals surface area contributed by atoms with Gasteiger partial charge < -0.3 is 10.1 Å². The molecule has 0 spiro atoms. The van der Waals surface area contributed by atoms with Gasteiger partial charge in [0.25, 0.3) is 0 Å². The van der Waals surface area contributed by atoms with Crippen LogP contribution in [0.1, 0.15) is 39.7 Å². The third-order valence-electron chi connectivity index (χ3n) is 3.65. The van der Waals surface area contributed by atoms with E-state index in [1.54, 1.807) is 0 Å². The van der Waals surface area contributed by atoms with E-state index >= 15 is 0 Å². The summed E-state index contributed by atoms with van der Waals surface area (Å²) in [5, 5.41) is 3.70. The molecule has 2 heteroatoms. The summed E-state index contributed by atoms with van der Waals surface area (Å²) in [5.74, 6) is 2.24. The minimum absolute atomic E-state index is 0.277. The van der Waals surface area contributed by atoms with Gasteiger partial charge in [0.15, 0.2) is 0 Å². The summed E-state index contributed by atoms with van der Waals surface area (Å²) in [6.07, 6.45) is 1.38. The van der Waals surface area contributed by atoms with E-state index in [9.17, 15) is 0 Å². The molecule has 0 saturated carbocycles. The molecule has 2 unspecified atom stereocenters. The van der Waals surface area contributed by atoms with E-state index in [-0.39, 0.29) is 6.10 Å². The van der Waals surface area contributed by atoms with Gasteiger partial charge in [-0.15, -0.1) is 0 Å². The zero-order valence-corrected chi connectivity index (χ0v) is 12.2. The fraction of sp³-hybridized carbons (Fsp3) is 0.625. The average molecular weight is 247 g/mol. The van der Waals surface area contributed by atoms with E-state index in [0.717, 1.165) is 12.2 Å². The molecular weight excluding hydrogens is 222 g/mol. The first kappa shape index (κ1) is 13.3. The molecule has 2 nitrogen and oxygen atoms in total. The number of anilines is 1. The van der Waals surface area contributed by atoms with Gasteiger partial charge in [0.05, 0.1) is 11.7 Å². The summed E-state index contributed by atoms with van der Waals surface area (Å²) in [6, 6.07) is 6.67. The number of para-hydroxylation sites is 1. The summed E-state index contributed by atoms with van der Waals surface area (Å²) in [4.78, 5) is 0. The van der Waals surface area contributed by atoms with Crippen molar-refractivity contribution in [3.8, 4) is 5.75 Å². The lowest BCUT2D eigenvalue weighted by molar-refractivity contribution is 0.125. The molecule has 1 aliphatic rings. The van der Waals surface area contributed by atoms with Crippen LogP contribution in [0, 0.1) is 18.8 Å². The van der Waals surface area contributed by atoms with E-state index < -0.39 is 0 Å². The van der Waals surface area contributed by atoms with Crippen molar-refractivity contribution >= 4 is 5.69 Å². The maximum absolute atomic E-state index is 6.24. The maximum Gasteiger partial charge on any atom is 0.143 e. The van der Waals surface area contributed by atoms with Crippen molar-refractivity contribution in [2.24, 2.45) is 11.8 Å². The molecule has 18 heavy (non-hydrogen) atoms. The molecule has 2 rings (SSSR count). The highest BCUT2D eigenvalue weighted by Gasteiger charge is 2.32. The first-order chi connectivity index (χ1) is 8.49. The molecule has 1 aromatic rings. The molecule has 2 atom stereocenters. The molecule has 1 N–H and O–H groups in total. The van der Waals surface area contributed by atoms with E-state index in [2.05, 4.69) is 58.1 Å². The van der Waals surface area contributed by atoms with Crippen molar-refractivity contribution in [1.29, 1.82) is 0 Å². The normalized spacial score (nSPS) is 22.6. The topological polar surface area (TPSA) is 21.3 Å². The van der Waals surface area contributed by atoms with Crippen LogP contribution in [0.2, 0.25) is 0 Å². The number of hydrogen-bond donors (Lipinski definition) is 1. The van der Waals surface area contributed by atoms with Gasteiger partial charge in [0.2, 0.25) is 0 Å². The summed E-state index contributed by atoms with van der Waals surface area (Å²) < 4.78 is 6.24. The third kappa shape index (κ3) is 2.63. The molecule has 0 amide bonds. The van der Waals surface area contributed by atoms with Crippen LogP contribution < -0.4 is 10.1 Å². The van der Waals surface area contributed by atoms with Crippen molar-refractivity contribution in [3.05, 3.63) is 23.8 Å². The van der Waals surface area contributed by atoms with Gasteiger partial charge in [0, 0.05) is 0 Å². The van der Waals surface area contributed by atoms with Gasteiger partial charge in [-0.1, -0.05) is 39.8 Å². The first-order valence-electron chi connectivity index (χ1n) is 7.02. The van der Waals surface area contributed by atoms with Crippen LogP contribution in [0.4, 0.5) is 5.69 Å². The Kier molecular flexibility index (Phi) is 3.84. The van der Waals surface area contributed by atoms with Crippen LogP contribution in [-0.2, 0) is 0 Å². The fourth-order valence-electron chi connectivity index (χ4n) is 2.68. The van der Waals surface area contributed by atoms with Gasteiger partial charge in [-0.2, -0.15) is 0 Å². The second-order valence-electron chi connectivity index (χ2n) is 6.15. The Bertz CT molecular complexity index is 412. The number of aryl methyl sites for hydroxylation is 1. The van der Waals surface area contributed by atoms with E-state index in [0.29, 0.717) is 17.9 Å². The Hall–Kier alpha value is -1.18. The Morgan fingerprint density at radius 2 is 1.94 bits per heavy atom. The minimum atomic E-state index is 0.277. The van der Waals surface area contributed by atoms with E-state index in [4.69, 9.17) is 4.74 Å². The summed E-state index contributed by atoms with van der Waals surface area (Å²) >= 11 is 0. The van der Waals surface area contributed by atoms with E-state index in [1.807, 2.05) is 0 Å². The molecular formula is C16H25NO. The van der Waals surface area contributed by atoms with Crippen LogP contribution in [0.25, 0.3) is 0 Å². The fourth-order valence-corrected chi connectivity index (χ4v) is 2.68. The molecule has 0 radical (unpaired) electrons. The van der Waals surface area contributed by atoms with Crippen LogP contribution in [0.5, 0.6) is 5.75 Å². The second kappa shape index (κ2) is 5.21. The lowest BCUT2D eigenvalue weighted by atomic mass is 9.90. The van der Waals surface area contributed by atoms with Crippen molar-refractivity contribution in [2.75, 3.05) is 5.32 Å². The van der Waals surface area contributed by atoms with Gasteiger partial charge >= 0.3 is 0 Å². The molecule has 0 saturated heterocycles. The summed E-state index contributed by atoms with van der Waals surface area (Å²) in [7, 11) is 0. The zero-order chi connectivity index (χ0) is 13.3. The number of ether oxygens (including phenoxy) is 1. The lowest BCUT2D eigenvalue weighted by Gasteiger charge is -2.38. The van der Waals surface area contributed by atoms with E-state index in [1.165, 1.54) is 11.3 Å². The number of fused-ring (bicyclic) bond motifs is 1. The smallest absolute Gasteiger partial charge is 0.143 e. The highest BCUT2D eigenvalue weighted by Crippen LogP contribution is 2.37. The Labute approximate surface area is 111 Å². The van der Waals surface area contributed by atoms with Crippen LogP contribution in [-0.4, -0.2) is 12.1 Å². The maximum atomic E-state index is 6.24. The molecule has 0 bridgehead atoms. The van der Waals surface area contributed by atoms with Crippen LogP contribution >= 0.6 is 0 Å². The zero-order valence-electron chi connectivity index (χ0n) is 12.2. The quantitative estimate of drug-likeness (QED) is 0.862. The number of hydrogen-bond acceptors (Lipinski definition) is 2. The summed E-state index contributed by atoms with van der Waals surface area (Å²) in [5.41, 5.74) is 2.44. The molecule has 0 aliphatic carbocycles.